The molecule has 0 bridgehead atoms. The summed E-state index contributed by atoms with van der Waals surface area (Å²) in [7, 11) is 2.13. The number of amides is 2. The van der Waals surface area contributed by atoms with Crippen LogP contribution in [-0.2, 0) is 13.2 Å². The lowest BCUT2D eigenvalue weighted by Gasteiger charge is -2.30. The summed E-state index contributed by atoms with van der Waals surface area (Å²) in [5, 5.41) is 31.0. The number of ether oxygens (including phenoxy) is 2. The summed E-state index contributed by atoms with van der Waals surface area (Å²) < 4.78 is 11.5. The number of aliphatic hydroxyl groups excluding tert-OH is 2. The number of halogens is 4. The lowest BCUT2D eigenvalue weighted by Crippen LogP contribution is -2.39. The van der Waals surface area contributed by atoms with Crippen LogP contribution in [0.1, 0.15) is 80.5 Å². The van der Waals surface area contributed by atoms with E-state index in [0.717, 1.165) is 74.4 Å². The van der Waals surface area contributed by atoms with Crippen molar-refractivity contribution in [3.63, 3.8) is 0 Å². The van der Waals surface area contributed by atoms with Gasteiger partial charge in [0.15, 0.2) is 13.5 Å². The van der Waals surface area contributed by atoms with Gasteiger partial charge in [-0.3, -0.25) is 19.4 Å². The molecule has 4 aromatic carbocycles. The van der Waals surface area contributed by atoms with Gasteiger partial charge in [-0.2, -0.15) is 9.97 Å². The van der Waals surface area contributed by atoms with E-state index < -0.39 is 0 Å². The molecule has 0 saturated carbocycles. The van der Waals surface area contributed by atoms with Crippen LogP contribution in [-0.4, -0.2) is 93.6 Å². The second-order valence-electron chi connectivity index (χ2n) is 17.0. The molecule has 0 spiro atoms. The number of carbonyl (C=O) groups excluding carboxylic acids is 2. The second kappa shape index (κ2) is 21.4. The summed E-state index contributed by atoms with van der Waals surface area (Å²) in [6, 6.07) is 21.9. The van der Waals surface area contributed by atoms with E-state index in [4.69, 9.17) is 55.9 Å². The minimum atomic E-state index is -0.350. The second-order valence-corrected chi connectivity index (χ2v) is 18.6. The van der Waals surface area contributed by atoms with Gasteiger partial charge in [0.2, 0.25) is 23.7 Å². The van der Waals surface area contributed by atoms with E-state index in [2.05, 4.69) is 53.9 Å². The Morgan fingerprint density at radius 2 is 1.06 bits per heavy atom. The number of fused-ring (bicyclic) bond motifs is 2. The molecule has 0 atom stereocenters. The Bertz CT molecular complexity index is 2840. The van der Waals surface area contributed by atoms with Crippen molar-refractivity contribution in [3.8, 4) is 11.8 Å². The van der Waals surface area contributed by atoms with Gasteiger partial charge >= 0.3 is 0 Å². The smallest absolute Gasteiger partial charge is 0.268 e. The molecule has 5 N–H and O–H groups in total. The van der Waals surface area contributed by atoms with Crippen LogP contribution in [0, 0.1) is 0 Å². The van der Waals surface area contributed by atoms with Crippen LogP contribution in [0.3, 0.4) is 0 Å². The van der Waals surface area contributed by atoms with Crippen molar-refractivity contribution in [2.45, 2.75) is 50.7 Å². The first-order valence-electron chi connectivity index (χ1n) is 22.4. The molecule has 0 unspecified atom stereocenters. The van der Waals surface area contributed by atoms with Crippen molar-refractivity contribution >= 4 is 92.9 Å². The standard InChI is InChI=1S/C25H25Cl2N5O3.C24H23Cl2N5O3/c1-31-9-7-15(8-10-31)18-6-5-17(11-16(18)13-33)29-25-28-12-19-23(30-25)35-14-32(24(19)34)22-20(26)3-2-4-21(22)27;25-19-2-1-3-20(26)21(19)31-13-34-22-18(23(31)33)11-28-24(30-22)29-16-4-5-17(15(10-16)12-32)14-6-8-27-9-7-14/h2-6,11-12,15,33H,7-10,13-14H2,1H3,(H,28,29,30);1-5,10-11,14,27,32H,6-9,12-13H2,(H,28,29,30). The number of nitrogens with one attached hydrogen (secondary N) is 3. The highest BCUT2D eigenvalue weighted by Gasteiger charge is 2.33. The van der Waals surface area contributed by atoms with Crippen molar-refractivity contribution in [2.24, 2.45) is 0 Å². The Balaban J connectivity index is 0.000000172. The number of benzene rings is 4. The third-order valence-electron chi connectivity index (χ3n) is 12.6. The van der Waals surface area contributed by atoms with Gasteiger partial charge < -0.3 is 40.5 Å². The molecule has 10 rings (SSSR count). The molecule has 358 valence electrons. The molecule has 6 heterocycles. The fraction of sp³-hybridized carbons (Fsp3) is 0.306. The summed E-state index contributed by atoms with van der Waals surface area (Å²) in [4.78, 5) is 48.5. The normalized spacial score (nSPS) is 16.4. The van der Waals surface area contributed by atoms with Gasteiger partial charge in [-0.25, -0.2) is 9.97 Å². The molecule has 20 heteroatoms. The molecular formula is C49H48Cl4N10O6. The Morgan fingerprint density at radius 1 is 0.638 bits per heavy atom. The van der Waals surface area contributed by atoms with Crippen LogP contribution >= 0.6 is 46.4 Å². The van der Waals surface area contributed by atoms with Gasteiger partial charge in [-0.05, 0) is 142 Å². The number of likely N-dealkylation sites (tertiary alicyclic amines) is 1. The first kappa shape index (κ1) is 48.2. The molecular weight excluding hydrogens is 966 g/mol. The predicted molar refractivity (Wildman–Crippen MR) is 267 cm³/mol. The summed E-state index contributed by atoms with van der Waals surface area (Å²) in [5.41, 5.74) is 6.82. The van der Waals surface area contributed by atoms with E-state index in [-0.39, 0.29) is 73.3 Å². The molecule has 2 fully saturated rings. The molecule has 6 aromatic rings. The van der Waals surface area contributed by atoms with Crippen molar-refractivity contribution in [3.05, 3.63) is 139 Å². The average Bonchev–Trinajstić information content (AvgIpc) is 3.36. The Morgan fingerprint density at radius 3 is 1.48 bits per heavy atom. The Labute approximate surface area is 418 Å². The highest BCUT2D eigenvalue weighted by molar-refractivity contribution is 6.41. The number of para-hydroxylation sites is 2. The summed E-state index contributed by atoms with van der Waals surface area (Å²) in [6.07, 6.45) is 7.09. The van der Waals surface area contributed by atoms with Crippen LogP contribution < -0.4 is 35.2 Å². The number of hydrogen-bond acceptors (Lipinski definition) is 14. The van der Waals surface area contributed by atoms with Gasteiger partial charge in [0.25, 0.3) is 11.8 Å². The number of aliphatic hydroxyl groups is 2. The molecule has 69 heavy (non-hydrogen) atoms. The summed E-state index contributed by atoms with van der Waals surface area (Å²) >= 11 is 25.1. The van der Waals surface area contributed by atoms with Crippen LogP contribution in [0.15, 0.2) is 85.2 Å². The summed E-state index contributed by atoms with van der Waals surface area (Å²) in [5.74, 6) is 1.11. The molecule has 0 radical (unpaired) electrons. The van der Waals surface area contributed by atoms with Crippen molar-refractivity contribution in [1.29, 1.82) is 0 Å². The maximum Gasteiger partial charge on any atom is 0.268 e. The maximum absolute atomic E-state index is 13.1. The topological polar surface area (TPSA) is 190 Å². The first-order chi connectivity index (χ1) is 33.5. The third-order valence-corrected chi connectivity index (χ3v) is 13.8. The molecule has 2 amide bonds. The lowest BCUT2D eigenvalue weighted by atomic mass is 9.86. The van der Waals surface area contributed by atoms with Crippen molar-refractivity contribution in [2.75, 3.05) is 67.1 Å². The van der Waals surface area contributed by atoms with Crippen LogP contribution in [0.2, 0.25) is 20.1 Å². The third kappa shape index (κ3) is 10.5. The largest absolute Gasteiger partial charge is 0.455 e. The highest BCUT2D eigenvalue weighted by atomic mass is 35.5. The van der Waals surface area contributed by atoms with Gasteiger partial charge in [-0.1, -0.05) is 70.7 Å². The minimum Gasteiger partial charge on any atom is -0.455 e. The monoisotopic (exact) mass is 1010 g/mol. The van der Waals surface area contributed by atoms with Gasteiger partial charge in [0, 0.05) is 23.8 Å². The fourth-order valence-corrected chi connectivity index (χ4v) is 10.2. The highest BCUT2D eigenvalue weighted by Crippen LogP contribution is 2.40. The van der Waals surface area contributed by atoms with E-state index >= 15 is 0 Å². The zero-order valence-corrected chi connectivity index (χ0v) is 40.4. The predicted octanol–water partition coefficient (Wildman–Crippen LogP) is 9.31. The van der Waals surface area contributed by atoms with Gasteiger partial charge in [0.1, 0.15) is 11.1 Å². The Kier molecular flexibility index (Phi) is 15.0. The molecule has 0 aliphatic carbocycles. The fourth-order valence-electron chi connectivity index (χ4n) is 9.00. The molecule has 4 aliphatic rings. The first-order valence-corrected chi connectivity index (χ1v) is 23.9. The van der Waals surface area contributed by atoms with E-state index in [1.807, 2.05) is 30.3 Å². The maximum atomic E-state index is 13.1. The zero-order valence-electron chi connectivity index (χ0n) is 37.4. The summed E-state index contributed by atoms with van der Waals surface area (Å²) in [6.45, 7) is 3.83. The quantitative estimate of drug-likeness (QED) is 0.0873. The van der Waals surface area contributed by atoms with Crippen LogP contribution in [0.5, 0.6) is 11.8 Å². The molecule has 4 aliphatic heterocycles. The zero-order chi connectivity index (χ0) is 48.2. The molecule has 16 nitrogen and oxygen atoms in total. The molecule has 2 aromatic heterocycles. The SMILES string of the molecule is CN1CCC(c2ccc(Nc3ncc4c(n3)OCN(c3c(Cl)cccc3Cl)C4=O)cc2CO)CC1.O=C1c2cnc(Nc3ccc(C4CCNCC4)c(CO)c3)nc2OCN1c1c(Cl)cccc1Cl. The minimum absolute atomic E-state index is 0.0414. The van der Waals surface area contributed by atoms with Crippen molar-refractivity contribution in [1.82, 2.24) is 30.2 Å². The van der Waals surface area contributed by atoms with E-state index in [1.165, 1.54) is 33.3 Å². The lowest BCUT2D eigenvalue weighted by molar-refractivity contribution is 0.0924. The van der Waals surface area contributed by atoms with Crippen LogP contribution in [0.25, 0.3) is 0 Å². The average molecular weight is 1010 g/mol. The van der Waals surface area contributed by atoms with E-state index in [0.29, 0.717) is 43.3 Å². The number of nitrogens with zero attached hydrogens (tertiary/aromatic N) is 7. The number of piperidine rings is 2. The molecule has 2 saturated heterocycles. The van der Waals surface area contributed by atoms with Crippen LogP contribution in [0.4, 0.5) is 34.6 Å². The number of rotatable bonds is 10. The van der Waals surface area contributed by atoms with Gasteiger partial charge in [-0.15, -0.1) is 0 Å². The number of aromatic nitrogens is 4. The van der Waals surface area contributed by atoms with E-state index in [9.17, 15) is 19.8 Å². The number of carbonyl (C=O) groups is 2. The number of anilines is 6. The number of hydrogen-bond donors (Lipinski definition) is 5. The van der Waals surface area contributed by atoms with Crippen molar-refractivity contribution < 1.29 is 29.3 Å². The Hall–Kier alpha value is -5.82. The van der Waals surface area contributed by atoms with E-state index in [1.54, 1.807) is 36.4 Å². The van der Waals surface area contributed by atoms with Gasteiger partial charge in [0.05, 0.1) is 44.7 Å².